The molecule has 6 heteroatoms. The van der Waals surface area contributed by atoms with Crippen LogP contribution in [0.3, 0.4) is 0 Å². The van der Waals surface area contributed by atoms with Crippen LogP contribution in [0, 0.1) is 5.92 Å². The molecule has 0 bridgehead atoms. The fraction of sp³-hybridized carbons (Fsp3) is 0.462. The van der Waals surface area contributed by atoms with Crippen molar-refractivity contribution in [3.8, 4) is 0 Å². The van der Waals surface area contributed by atoms with E-state index in [1.54, 1.807) is 12.1 Å². The van der Waals surface area contributed by atoms with Gasteiger partial charge in [0.05, 0.1) is 10.4 Å². The average molecular weight is 279 g/mol. The second-order valence-corrected chi connectivity index (χ2v) is 7.27. The van der Waals surface area contributed by atoms with Crippen molar-refractivity contribution in [1.82, 2.24) is 15.3 Å². The molecule has 2 aromatic rings. The summed E-state index contributed by atoms with van der Waals surface area (Å²) in [5.74, 6) is 1.70. The number of rotatable bonds is 2. The largest absolute Gasteiger partial charge is 0.342 e. The van der Waals surface area contributed by atoms with E-state index < -0.39 is 9.84 Å². The highest BCUT2D eigenvalue weighted by atomic mass is 32.2. The molecule has 0 aliphatic carbocycles. The lowest BCUT2D eigenvalue weighted by Gasteiger charge is -2.09. The summed E-state index contributed by atoms with van der Waals surface area (Å²) in [5, 5.41) is 3.33. The molecule has 0 radical (unpaired) electrons. The van der Waals surface area contributed by atoms with E-state index in [2.05, 4.69) is 22.2 Å². The van der Waals surface area contributed by atoms with Gasteiger partial charge in [-0.15, -0.1) is 0 Å². The topological polar surface area (TPSA) is 74.8 Å². The highest BCUT2D eigenvalue weighted by molar-refractivity contribution is 7.91. The average Bonchev–Trinajstić information content (AvgIpc) is 2.91. The summed E-state index contributed by atoms with van der Waals surface area (Å²) in [4.78, 5) is 8.10. The lowest BCUT2D eigenvalue weighted by molar-refractivity contribution is 0.551. The molecule has 1 aliphatic heterocycles. The number of para-hydroxylation sites is 1. The fourth-order valence-electron chi connectivity index (χ4n) is 2.68. The number of aromatic amines is 1. The highest BCUT2D eigenvalue weighted by Gasteiger charge is 2.28. The number of imidazole rings is 1. The summed E-state index contributed by atoms with van der Waals surface area (Å²) < 4.78 is 23.6. The Labute approximate surface area is 112 Å². The van der Waals surface area contributed by atoms with Gasteiger partial charge in [-0.05, 0) is 24.6 Å². The van der Waals surface area contributed by atoms with Crippen LogP contribution in [0.4, 0.5) is 0 Å². The van der Waals surface area contributed by atoms with Crippen LogP contribution in [0.15, 0.2) is 23.1 Å². The lowest BCUT2D eigenvalue weighted by atomic mass is 9.98. The van der Waals surface area contributed by atoms with Crippen LogP contribution in [-0.2, 0) is 9.84 Å². The second-order valence-electron chi connectivity index (χ2n) is 5.29. The number of hydrogen-bond acceptors (Lipinski definition) is 4. The first-order chi connectivity index (χ1) is 8.97. The van der Waals surface area contributed by atoms with E-state index in [4.69, 9.17) is 0 Å². The molecule has 1 aromatic heterocycles. The monoisotopic (exact) mass is 279 g/mol. The molecule has 1 aliphatic rings. The minimum atomic E-state index is -3.25. The second kappa shape index (κ2) is 4.31. The minimum absolute atomic E-state index is 0.297. The Balaban J connectivity index is 2.16. The third kappa shape index (κ3) is 2.15. The van der Waals surface area contributed by atoms with Gasteiger partial charge in [0.25, 0.3) is 0 Å². The smallest absolute Gasteiger partial charge is 0.177 e. The Morgan fingerprint density at radius 1 is 1.32 bits per heavy atom. The summed E-state index contributed by atoms with van der Waals surface area (Å²) in [6, 6.07) is 5.23. The molecule has 5 nitrogen and oxygen atoms in total. The van der Waals surface area contributed by atoms with Crippen LogP contribution < -0.4 is 5.32 Å². The first-order valence-corrected chi connectivity index (χ1v) is 8.25. The van der Waals surface area contributed by atoms with E-state index in [0.29, 0.717) is 22.2 Å². The van der Waals surface area contributed by atoms with Gasteiger partial charge in [-0.3, -0.25) is 0 Å². The molecule has 0 saturated carbocycles. The van der Waals surface area contributed by atoms with Crippen LogP contribution in [0.5, 0.6) is 0 Å². The van der Waals surface area contributed by atoms with E-state index in [1.807, 2.05) is 6.07 Å². The lowest BCUT2D eigenvalue weighted by Crippen LogP contribution is -2.09. The Morgan fingerprint density at radius 2 is 2.11 bits per heavy atom. The van der Waals surface area contributed by atoms with Crippen molar-refractivity contribution in [1.29, 1.82) is 0 Å². The molecule has 102 valence electrons. The summed E-state index contributed by atoms with van der Waals surface area (Å²) >= 11 is 0. The Morgan fingerprint density at radius 3 is 2.74 bits per heavy atom. The van der Waals surface area contributed by atoms with E-state index in [9.17, 15) is 8.42 Å². The van der Waals surface area contributed by atoms with E-state index in [-0.39, 0.29) is 0 Å². The molecular weight excluding hydrogens is 262 g/mol. The van der Waals surface area contributed by atoms with Crippen LogP contribution >= 0.6 is 0 Å². The van der Waals surface area contributed by atoms with Gasteiger partial charge < -0.3 is 10.3 Å². The highest BCUT2D eigenvalue weighted by Crippen LogP contribution is 2.29. The molecule has 19 heavy (non-hydrogen) atoms. The van der Waals surface area contributed by atoms with Crippen molar-refractivity contribution in [3.63, 3.8) is 0 Å². The predicted molar refractivity (Wildman–Crippen MR) is 74.0 cm³/mol. The van der Waals surface area contributed by atoms with Crippen molar-refractivity contribution < 1.29 is 8.42 Å². The molecule has 1 saturated heterocycles. The first-order valence-electron chi connectivity index (χ1n) is 6.36. The molecule has 2 atom stereocenters. The molecule has 3 rings (SSSR count). The fourth-order valence-corrected chi connectivity index (χ4v) is 3.51. The number of sulfone groups is 1. The van der Waals surface area contributed by atoms with Gasteiger partial charge in [0.15, 0.2) is 9.84 Å². The zero-order chi connectivity index (χ0) is 13.6. The zero-order valence-corrected chi connectivity index (χ0v) is 11.8. The maximum absolute atomic E-state index is 11.8. The maximum Gasteiger partial charge on any atom is 0.177 e. The van der Waals surface area contributed by atoms with E-state index in [0.717, 1.165) is 24.4 Å². The number of nitrogens with zero attached hydrogens (tertiary/aromatic N) is 1. The minimum Gasteiger partial charge on any atom is -0.342 e. The van der Waals surface area contributed by atoms with Crippen molar-refractivity contribution in [2.45, 2.75) is 17.7 Å². The van der Waals surface area contributed by atoms with E-state index >= 15 is 0 Å². The Bertz CT molecular complexity index is 721. The molecule has 2 unspecified atom stereocenters. The van der Waals surface area contributed by atoms with Gasteiger partial charge in [0.1, 0.15) is 11.3 Å². The van der Waals surface area contributed by atoms with Crippen LogP contribution in [0.1, 0.15) is 18.7 Å². The number of hydrogen-bond donors (Lipinski definition) is 2. The zero-order valence-electron chi connectivity index (χ0n) is 11.0. The summed E-state index contributed by atoms with van der Waals surface area (Å²) in [7, 11) is -3.25. The molecule has 1 aromatic carbocycles. The predicted octanol–water partition coefficient (Wildman–Crippen LogP) is 1.29. The van der Waals surface area contributed by atoms with Gasteiger partial charge in [0, 0.05) is 18.7 Å². The molecule has 2 N–H and O–H groups in total. The number of H-pyrrole nitrogens is 1. The summed E-state index contributed by atoms with van der Waals surface area (Å²) in [5.41, 5.74) is 1.34. The van der Waals surface area contributed by atoms with Crippen LogP contribution in [0.25, 0.3) is 11.0 Å². The number of nitrogens with one attached hydrogen (secondary N) is 2. The SMILES string of the molecule is CC1CNCC1c1nc2c(S(C)(=O)=O)cccc2[nH]1. The van der Waals surface area contributed by atoms with Crippen LogP contribution in [-0.4, -0.2) is 37.7 Å². The van der Waals surface area contributed by atoms with Gasteiger partial charge in [-0.2, -0.15) is 0 Å². The molecule has 0 amide bonds. The number of benzene rings is 1. The van der Waals surface area contributed by atoms with Crippen LogP contribution in [0.2, 0.25) is 0 Å². The molecular formula is C13H17N3O2S. The third-order valence-electron chi connectivity index (χ3n) is 3.76. The summed E-state index contributed by atoms with van der Waals surface area (Å²) in [6.07, 6.45) is 1.22. The quantitative estimate of drug-likeness (QED) is 0.868. The van der Waals surface area contributed by atoms with Gasteiger partial charge in [-0.1, -0.05) is 13.0 Å². The molecule has 0 spiro atoms. The number of fused-ring (bicyclic) bond motifs is 1. The summed E-state index contributed by atoms with van der Waals surface area (Å²) in [6.45, 7) is 4.03. The molecule has 1 fully saturated rings. The standard InChI is InChI=1S/C13H17N3O2S/c1-8-6-14-7-9(8)13-15-10-4-3-5-11(12(10)16-13)19(2,17)18/h3-5,8-9,14H,6-7H2,1-2H3,(H,15,16). The van der Waals surface area contributed by atoms with Gasteiger partial charge in [-0.25, -0.2) is 13.4 Å². The first kappa shape index (κ1) is 12.6. The van der Waals surface area contributed by atoms with Gasteiger partial charge >= 0.3 is 0 Å². The van der Waals surface area contributed by atoms with E-state index in [1.165, 1.54) is 6.26 Å². The van der Waals surface area contributed by atoms with Crippen molar-refractivity contribution in [2.75, 3.05) is 19.3 Å². The Kier molecular flexibility index (Phi) is 2.87. The van der Waals surface area contributed by atoms with Gasteiger partial charge in [0.2, 0.25) is 0 Å². The third-order valence-corrected chi connectivity index (χ3v) is 4.89. The Hall–Kier alpha value is -1.40. The van der Waals surface area contributed by atoms with Crippen molar-refractivity contribution in [3.05, 3.63) is 24.0 Å². The number of aromatic nitrogens is 2. The van der Waals surface area contributed by atoms with Crippen molar-refractivity contribution >= 4 is 20.9 Å². The van der Waals surface area contributed by atoms with Crippen molar-refractivity contribution in [2.24, 2.45) is 5.92 Å². The normalized spacial score (nSPS) is 24.1. The molecule has 2 heterocycles. The maximum atomic E-state index is 11.8.